The summed E-state index contributed by atoms with van der Waals surface area (Å²) in [4.78, 5) is 21.2. The Hall–Kier alpha value is -4.41. The number of amides is 1. The highest BCUT2D eigenvalue weighted by molar-refractivity contribution is 7.80. The van der Waals surface area contributed by atoms with Crippen LogP contribution in [-0.2, 0) is 9.53 Å². The van der Waals surface area contributed by atoms with Gasteiger partial charge >= 0.3 is 0 Å². The molecule has 2 aromatic carbocycles. The highest BCUT2D eigenvalue weighted by atomic mass is 32.1. The van der Waals surface area contributed by atoms with Gasteiger partial charge in [0.05, 0.1) is 43.8 Å². The molecule has 9 nitrogen and oxygen atoms in total. The van der Waals surface area contributed by atoms with Crippen molar-refractivity contribution >= 4 is 40.3 Å². The molecule has 43 heavy (non-hydrogen) atoms. The van der Waals surface area contributed by atoms with Crippen LogP contribution in [0.15, 0.2) is 72.9 Å². The molecule has 0 spiro atoms. The zero-order valence-corrected chi connectivity index (χ0v) is 25.6. The van der Waals surface area contributed by atoms with Gasteiger partial charge in [-0.25, -0.2) is 0 Å². The number of carbonyl (C=O) groups excluding carboxylic acids is 1. The molecule has 0 unspecified atom stereocenters. The van der Waals surface area contributed by atoms with Gasteiger partial charge in [0.15, 0.2) is 5.11 Å². The molecule has 10 heteroatoms. The fourth-order valence-electron chi connectivity index (χ4n) is 6.20. The zero-order chi connectivity index (χ0) is 30.1. The minimum atomic E-state index is -0.200. The lowest BCUT2D eigenvalue weighted by molar-refractivity contribution is -0.114. The molecule has 0 bridgehead atoms. The predicted octanol–water partition coefficient (Wildman–Crippen LogP) is 5.47. The van der Waals surface area contributed by atoms with Gasteiger partial charge in [-0.2, -0.15) is 0 Å². The Morgan fingerprint density at radius 1 is 1.02 bits per heavy atom. The van der Waals surface area contributed by atoms with Crippen LogP contribution in [0.25, 0.3) is 5.69 Å². The number of ether oxygens (including phenoxy) is 2. The van der Waals surface area contributed by atoms with Crippen molar-refractivity contribution < 1.29 is 14.3 Å². The Morgan fingerprint density at radius 3 is 2.42 bits per heavy atom. The third-order valence-electron chi connectivity index (χ3n) is 8.14. The summed E-state index contributed by atoms with van der Waals surface area (Å²) in [6, 6.07) is 22.3. The Balaban J connectivity index is 1.43. The SMILES string of the molecule is COc1ccc(N2C(=S)N[C@H](c3ccccn3)[C@H]2c2cc(C)n(-c3ccc(N4CCOCC4)cc3)c2C)cc1NC(C)=O. The minimum Gasteiger partial charge on any atom is -0.495 e. The molecular weight excluding hydrogens is 560 g/mol. The van der Waals surface area contributed by atoms with Crippen LogP contribution < -0.4 is 25.2 Å². The molecule has 2 N–H and O–H groups in total. The standard InChI is InChI=1S/C33H36N6O3S/c1-21-19-27(22(2)38(21)25-10-8-24(9-11-25)37-15-17-42-18-16-37)32-31(28-7-5-6-14-34-28)36-33(43)39(32)26-12-13-30(41-4)29(20-26)35-23(3)40/h5-14,19-20,31-32H,15-18H2,1-4H3,(H,35,40)(H,36,43)/t31-,32-/m1/s1. The van der Waals surface area contributed by atoms with Crippen LogP contribution >= 0.6 is 12.2 Å². The summed E-state index contributed by atoms with van der Waals surface area (Å²) in [7, 11) is 1.59. The number of thiocarbonyl (C=S) groups is 1. The summed E-state index contributed by atoms with van der Waals surface area (Å²) in [5.41, 5.74) is 8.00. The maximum atomic E-state index is 12.0. The molecule has 6 rings (SSSR count). The summed E-state index contributed by atoms with van der Waals surface area (Å²) in [6.45, 7) is 9.09. The molecule has 1 amide bonds. The number of pyridine rings is 1. The normalized spacial score (nSPS) is 18.5. The third-order valence-corrected chi connectivity index (χ3v) is 8.46. The molecule has 0 saturated carbocycles. The second kappa shape index (κ2) is 12.1. The predicted molar refractivity (Wildman–Crippen MR) is 174 cm³/mol. The minimum absolute atomic E-state index is 0.177. The monoisotopic (exact) mass is 596 g/mol. The Morgan fingerprint density at radius 2 is 1.74 bits per heavy atom. The number of rotatable bonds is 7. The third kappa shape index (κ3) is 5.55. The lowest BCUT2D eigenvalue weighted by atomic mass is 9.96. The van der Waals surface area contributed by atoms with Gasteiger partial charge in [-0.15, -0.1) is 0 Å². The molecule has 2 fully saturated rings. The highest BCUT2D eigenvalue weighted by Gasteiger charge is 2.42. The number of hydrogen-bond donors (Lipinski definition) is 2. The maximum Gasteiger partial charge on any atom is 0.221 e. The van der Waals surface area contributed by atoms with E-state index in [0.717, 1.165) is 60.3 Å². The second-order valence-corrected chi connectivity index (χ2v) is 11.2. The van der Waals surface area contributed by atoms with Crippen LogP contribution in [0.4, 0.5) is 17.1 Å². The van der Waals surface area contributed by atoms with Gasteiger partial charge in [-0.1, -0.05) is 6.07 Å². The molecule has 2 saturated heterocycles. The van der Waals surface area contributed by atoms with Gasteiger partial charge in [-0.05, 0) is 92.3 Å². The summed E-state index contributed by atoms with van der Waals surface area (Å²) in [5, 5.41) is 7.02. The van der Waals surface area contributed by atoms with E-state index >= 15 is 0 Å². The van der Waals surface area contributed by atoms with E-state index in [2.05, 4.69) is 69.2 Å². The number of nitrogens with one attached hydrogen (secondary N) is 2. The molecule has 0 radical (unpaired) electrons. The number of carbonyl (C=O) groups is 1. The molecular formula is C33H36N6O3S. The van der Waals surface area contributed by atoms with Crippen molar-refractivity contribution in [1.82, 2.24) is 14.9 Å². The van der Waals surface area contributed by atoms with Crippen LogP contribution in [0.2, 0.25) is 0 Å². The maximum absolute atomic E-state index is 12.0. The van der Waals surface area contributed by atoms with Gasteiger partial charge in [-0.3, -0.25) is 9.78 Å². The van der Waals surface area contributed by atoms with E-state index < -0.39 is 0 Å². The molecule has 2 atom stereocenters. The summed E-state index contributed by atoms with van der Waals surface area (Å²) < 4.78 is 13.3. The van der Waals surface area contributed by atoms with Gasteiger partial charge in [0, 0.05) is 54.7 Å². The molecule has 0 aliphatic carbocycles. The number of morpholine rings is 1. The van der Waals surface area contributed by atoms with Crippen LogP contribution in [0.5, 0.6) is 5.75 Å². The molecule has 2 aromatic heterocycles. The first-order valence-electron chi connectivity index (χ1n) is 14.4. The first-order valence-corrected chi connectivity index (χ1v) is 14.8. The number of benzene rings is 2. The van der Waals surface area contributed by atoms with E-state index in [4.69, 9.17) is 26.7 Å². The second-order valence-electron chi connectivity index (χ2n) is 10.8. The van der Waals surface area contributed by atoms with Gasteiger partial charge in [0.1, 0.15) is 5.75 Å². The smallest absolute Gasteiger partial charge is 0.221 e. The summed E-state index contributed by atoms with van der Waals surface area (Å²) in [5.74, 6) is 0.400. The fraction of sp³-hybridized carbons (Fsp3) is 0.303. The van der Waals surface area contributed by atoms with E-state index in [0.29, 0.717) is 16.5 Å². The van der Waals surface area contributed by atoms with Gasteiger partial charge in [0.25, 0.3) is 0 Å². The first kappa shape index (κ1) is 28.7. The molecule has 2 aliphatic rings. The lowest BCUT2D eigenvalue weighted by Crippen LogP contribution is -2.36. The molecule has 222 valence electrons. The fourth-order valence-corrected chi connectivity index (χ4v) is 6.55. The van der Waals surface area contributed by atoms with Crippen molar-refractivity contribution in [1.29, 1.82) is 0 Å². The molecule has 4 aromatic rings. The van der Waals surface area contributed by atoms with E-state index in [-0.39, 0.29) is 18.0 Å². The van der Waals surface area contributed by atoms with E-state index in [1.807, 2.05) is 36.4 Å². The number of methoxy groups -OCH3 is 1. The van der Waals surface area contributed by atoms with Crippen LogP contribution in [0.1, 0.15) is 41.7 Å². The van der Waals surface area contributed by atoms with Gasteiger partial charge in [0.2, 0.25) is 5.91 Å². The molecule has 4 heterocycles. The van der Waals surface area contributed by atoms with Crippen LogP contribution in [0, 0.1) is 13.8 Å². The average molecular weight is 597 g/mol. The van der Waals surface area contributed by atoms with E-state index in [1.165, 1.54) is 12.6 Å². The largest absolute Gasteiger partial charge is 0.495 e. The van der Waals surface area contributed by atoms with E-state index in [9.17, 15) is 4.79 Å². The quantitative estimate of drug-likeness (QED) is 0.272. The van der Waals surface area contributed by atoms with Crippen molar-refractivity contribution in [3.8, 4) is 11.4 Å². The number of nitrogens with zero attached hydrogens (tertiary/aromatic N) is 4. The van der Waals surface area contributed by atoms with Gasteiger partial charge < -0.3 is 34.5 Å². The van der Waals surface area contributed by atoms with Crippen LogP contribution in [-0.4, -0.2) is 54.0 Å². The van der Waals surface area contributed by atoms with Crippen LogP contribution in [0.3, 0.4) is 0 Å². The number of anilines is 3. The summed E-state index contributed by atoms with van der Waals surface area (Å²) in [6.07, 6.45) is 1.81. The van der Waals surface area contributed by atoms with Crippen molar-refractivity contribution in [3.05, 3.63) is 95.6 Å². The molecule has 2 aliphatic heterocycles. The lowest BCUT2D eigenvalue weighted by Gasteiger charge is -2.29. The van der Waals surface area contributed by atoms with Crippen molar-refractivity contribution in [3.63, 3.8) is 0 Å². The Bertz CT molecular complexity index is 1630. The van der Waals surface area contributed by atoms with Crippen molar-refractivity contribution in [2.24, 2.45) is 0 Å². The number of aromatic nitrogens is 2. The topological polar surface area (TPSA) is 83.9 Å². The number of aryl methyl sites for hydroxylation is 1. The Labute approximate surface area is 257 Å². The Kier molecular flexibility index (Phi) is 8.05. The number of hydrogen-bond acceptors (Lipinski definition) is 6. The van der Waals surface area contributed by atoms with Crippen molar-refractivity contribution in [2.75, 3.05) is 48.5 Å². The van der Waals surface area contributed by atoms with E-state index in [1.54, 1.807) is 13.3 Å². The zero-order valence-electron chi connectivity index (χ0n) is 24.8. The highest BCUT2D eigenvalue weighted by Crippen LogP contribution is 2.45. The van der Waals surface area contributed by atoms with Crippen molar-refractivity contribution in [2.45, 2.75) is 32.9 Å². The first-order chi connectivity index (χ1) is 20.9. The average Bonchev–Trinajstić information content (AvgIpc) is 3.52. The summed E-state index contributed by atoms with van der Waals surface area (Å²) >= 11 is 5.97.